The molecular formula is C16H30N4. The minimum atomic E-state index is 0.766. The Balaban J connectivity index is 1.39. The van der Waals surface area contributed by atoms with E-state index in [-0.39, 0.29) is 0 Å². The lowest BCUT2D eigenvalue weighted by molar-refractivity contribution is 0.249. The molecular weight excluding hydrogens is 248 g/mol. The zero-order valence-electron chi connectivity index (χ0n) is 13.0. The second-order valence-corrected chi connectivity index (χ2v) is 6.69. The summed E-state index contributed by atoms with van der Waals surface area (Å²) in [6, 6.07) is 0.766. The van der Waals surface area contributed by atoms with Crippen molar-refractivity contribution < 1.29 is 0 Å². The molecule has 3 rings (SSSR count). The van der Waals surface area contributed by atoms with Crippen LogP contribution in [0.1, 0.15) is 44.9 Å². The van der Waals surface area contributed by atoms with Crippen LogP contribution in [0.2, 0.25) is 0 Å². The fourth-order valence-electron chi connectivity index (χ4n) is 3.67. The maximum Gasteiger partial charge on any atom is 0.193 e. The van der Waals surface area contributed by atoms with Crippen LogP contribution in [0.15, 0.2) is 4.99 Å². The Labute approximate surface area is 123 Å². The lowest BCUT2D eigenvalue weighted by Crippen LogP contribution is -2.43. The SMILES string of the molecule is CN=C(NCCCC1CC1)N1CCC(N2CCCC2)C1. The maximum absolute atomic E-state index is 4.48. The highest BCUT2D eigenvalue weighted by molar-refractivity contribution is 5.80. The molecule has 0 aromatic heterocycles. The van der Waals surface area contributed by atoms with Gasteiger partial charge in [-0.05, 0) is 51.1 Å². The first-order valence-corrected chi connectivity index (χ1v) is 8.56. The smallest absolute Gasteiger partial charge is 0.193 e. The summed E-state index contributed by atoms with van der Waals surface area (Å²) in [5.41, 5.74) is 0. The van der Waals surface area contributed by atoms with Gasteiger partial charge in [-0.1, -0.05) is 12.8 Å². The van der Waals surface area contributed by atoms with E-state index in [2.05, 4.69) is 20.1 Å². The summed E-state index contributed by atoms with van der Waals surface area (Å²) in [6.45, 7) is 6.05. The van der Waals surface area contributed by atoms with E-state index in [1.54, 1.807) is 0 Å². The summed E-state index contributed by atoms with van der Waals surface area (Å²) in [6.07, 6.45) is 9.74. The van der Waals surface area contributed by atoms with Gasteiger partial charge in [-0.3, -0.25) is 9.89 Å². The van der Waals surface area contributed by atoms with Crippen molar-refractivity contribution in [1.82, 2.24) is 15.1 Å². The van der Waals surface area contributed by atoms with E-state index in [9.17, 15) is 0 Å². The summed E-state index contributed by atoms with van der Waals surface area (Å²) >= 11 is 0. The van der Waals surface area contributed by atoms with Crippen LogP contribution in [0.5, 0.6) is 0 Å². The Hall–Kier alpha value is -0.770. The highest BCUT2D eigenvalue weighted by Crippen LogP contribution is 2.33. The first-order chi connectivity index (χ1) is 9.86. The van der Waals surface area contributed by atoms with Crippen molar-refractivity contribution in [2.24, 2.45) is 10.9 Å². The molecule has 0 radical (unpaired) electrons. The van der Waals surface area contributed by atoms with Gasteiger partial charge in [0.05, 0.1) is 0 Å². The topological polar surface area (TPSA) is 30.9 Å². The Kier molecular flexibility index (Phi) is 4.81. The maximum atomic E-state index is 4.48. The molecule has 0 aromatic carbocycles. The molecule has 20 heavy (non-hydrogen) atoms. The lowest BCUT2D eigenvalue weighted by atomic mass is 10.2. The molecule has 0 spiro atoms. The largest absolute Gasteiger partial charge is 0.356 e. The molecule has 3 fully saturated rings. The van der Waals surface area contributed by atoms with E-state index in [0.717, 1.165) is 24.5 Å². The average Bonchev–Trinajstić information content (AvgIpc) is 2.96. The molecule has 0 amide bonds. The predicted molar refractivity (Wildman–Crippen MR) is 84.1 cm³/mol. The highest BCUT2D eigenvalue weighted by atomic mass is 15.3. The zero-order chi connectivity index (χ0) is 13.8. The first-order valence-electron chi connectivity index (χ1n) is 8.56. The summed E-state index contributed by atoms with van der Waals surface area (Å²) in [4.78, 5) is 9.62. The molecule has 1 aliphatic carbocycles. The van der Waals surface area contributed by atoms with Crippen LogP contribution in [0.25, 0.3) is 0 Å². The van der Waals surface area contributed by atoms with Gasteiger partial charge in [-0.2, -0.15) is 0 Å². The van der Waals surface area contributed by atoms with Crippen molar-refractivity contribution in [2.45, 2.75) is 51.0 Å². The quantitative estimate of drug-likeness (QED) is 0.473. The van der Waals surface area contributed by atoms with Crippen LogP contribution in [-0.4, -0.2) is 61.6 Å². The van der Waals surface area contributed by atoms with Gasteiger partial charge in [0.2, 0.25) is 0 Å². The molecule has 1 saturated carbocycles. The van der Waals surface area contributed by atoms with Gasteiger partial charge in [0.15, 0.2) is 5.96 Å². The number of rotatable bonds is 5. The number of nitrogens with one attached hydrogen (secondary N) is 1. The van der Waals surface area contributed by atoms with Gasteiger partial charge in [0.25, 0.3) is 0 Å². The molecule has 0 bridgehead atoms. The highest BCUT2D eigenvalue weighted by Gasteiger charge is 2.30. The first kappa shape index (κ1) is 14.2. The second kappa shape index (κ2) is 6.79. The van der Waals surface area contributed by atoms with Crippen molar-refractivity contribution >= 4 is 5.96 Å². The third-order valence-electron chi connectivity index (χ3n) is 5.10. The van der Waals surface area contributed by atoms with Crippen LogP contribution in [0.4, 0.5) is 0 Å². The van der Waals surface area contributed by atoms with Crippen molar-refractivity contribution in [2.75, 3.05) is 39.8 Å². The minimum absolute atomic E-state index is 0.766. The standard InChI is InChI=1S/C16H30N4/c1-17-16(18-9-4-5-14-6-7-14)20-12-8-15(13-20)19-10-2-3-11-19/h14-15H,2-13H2,1H3,(H,17,18). The monoisotopic (exact) mass is 278 g/mol. The molecule has 2 aliphatic heterocycles. The van der Waals surface area contributed by atoms with Crippen LogP contribution in [-0.2, 0) is 0 Å². The van der Waals surface area contributed by atoms with E-state index in [0.29, 0.717) is 0 Å². The normalized spacial score (nSPS) is 28.4. The van der Waals surface area contributed by atoms with E-state index in [4.69, 9.17) is 0 Å². The molecule has 1 N–H and O–H groups in total. The molecule has 1 atom stereocenters. The second-order valence-electron chi connectivity index (χ2n) is 6.69. The van der Waals surface area contributed by atoms with Gasteiger partial charge in [-0.15, -0.1) is 0 Å². The Morgan fingerprint density at radius 3 is 2.65 bits per heavy atom. The molecule has 3 aliphatic rings. The Bertz CT molecular complexity index is 331. The molecule has 1 unspecified atom stereocenters. The van der Waals surface area contributed by atoms with Gasteiger partial charge in [-0.25, -0.2) is 0 Å². The van der Waals surface area contributed by atoms with E-state index >= 15 is 0 Å². The van der Waals surface area contributed by atoms with Crippen molar-refractivity contribution in [1.29, 1.82) is 0 Å². The van der Waals surface area contributed by atoms with Crippen LogP contribution >= 0.6 is 0 Å². The minimum Gasteiger partial charge on any atom is -0.356 e. The van der Waals surface area contributed by atoms with Gasteiger partial charge < -0.3 is 10.2 Å². The number of guanidine groups is 1. The van der Waals surface area contributed by atoms with Gasteiger partial charge in [0, 0.05) is 32.7 Å². The Morgan fingerprint density at radius 1 is 1.15 bits per heavy atom. The summed E-state index contributed by atoms with van der Waals surface area (Å²) in [5.74, 6) is 2.17. The molecule has 2 heterocycles. The van der Waals surface area contributed by atoms with Gasteiger partial charge >= 0.3 is 0 Å². The van der Waals surface area contributed by atoms with Crippen molar-refractivity contribution in [3.8, 4) is 0 Å². The Morgan fingerprint density at radius 2 is 1.95 bits per heavy atom. The summed E-state index contributed by atoms with van der Waals surface area (Å²) in [7, 11) is 1.92. The van der Waals surface area contributed by atoms with Gasteiger partial charge in [0.1, 0.15) is 0 Å². The van der Waals surface area contributed by atoms with Crippen LogP contribution in [0, 0.1) is 5.92 Å². The number of nitrogens with zero attached hydrogens (tertiary/aromatic N) is 3. The molecule has 0 aromatic rings. The molecule has 4 heteroatoms. The molecule has 4 nitrogen and oxygen atoms in total. The van der Waals surface area contributed by atoms with E-state index in [1.807, 2.05) is 7.05 Å². The number of hydrogen-bond acceptors (Lipinski definition) is 2. The fourth-order valence-corrected chi connectivity index (χ4v) is 3.67. The van der Waals surface area contributed by atoms with Crippen molar-refractivity contribution in [3.63, 3.8) is 0 Å². The third-order valence-corrected chi connectivity index (χ3v) is 5.10. The number of likely N-dealkylation sites (tertiary alicyclic amines) is 2. The molecule has 2 saturated heterocycles. The van der Waals surface area contributed by atoms with Crippen LogP contribution in [0.3, 0.4) is 0 Å². The zero-order valence-corrected chi connectivity index (χ0v) is 13.0. The predicted octanol–water partition coefficient (Wildman–Crippen LogP) is 1.92. The van der Waals surface area contributed by atoms with E-state index in [1.165, 1.54) is 71.1 Å². The summed E-state index contributed by atoms with van der Waals surface area (Å²) < 4.78 is 0. The summed E-state index contributed by atoms with van der Waals surface area (Å²) in [5, 5.41) is 3.56. The van der Waals surface area contributed by atoms with Crippen LogP contribution < -0.4 is 5.32 Å². The number of aliphatic imine (C=N–C) groups is 1. The fraction of sp³-hybridized carbons (Fsp3) is 0.938. The molecule has 114 valence electrons. The number of hydrogen-bond donors (Lipinski definition) is 1. The average molecular weight is 278 g/mol. The van der Waals surface area contributed by atoms with E-state index < -0.39 is 0 Å². The van der Waals surface area contributed by atoms with Crippen molar-refractivity contribution in [3.05, 3.63) is 0 Å². The third kappa shape index (κ3) is 3.66. The lowest BCUT2D eigenvalue weighted by Gasteiger charge is -2.25.